The third-order valence-corrected chi connectivity index (χ3v) is 4.67. The predicted molar refractivity (Wildman–Crippen MR) is 104 cm³/mol. The molecule has 1 aliphatic rings. The molecule has 0 saturated carbocycles. The molecule has 0 bridgehead atoms. The molecule has 31 heavy (non-hydrogen) atoms. The van der Waals surface area contributed by atoms with Crippen LogP contribution in [0, 0.1) is 5.82 Å². The molecule has 0 aliphatic carbocycles. The monoisotopic (exact) mass is 433 g/mol. The fraction of sp³-hybridized carbons (Fsp3) is 0.250. The van der Waals surface area contributed by atoms with Gasteiger partial charge in [-0.1, -0.05) is 6.07 Å². The second-order valence-corrected chi connectivity index (χ2v) is 6.64. The smallest absolute Gasteiger partial charge is 0.387 e. The number of amides is 1. The van der Waals surface area contributed by atoms with E-state index in [0.717, 1.165) is 11.4 Å². The highest BCUT2D eigenvalue weighted by Gasteiger charge is 2.26. The lowest BCUT2D eigenvalue weighted by molar-refractivity contribution is -0.0498. The lowest BCUT2D eigenvalue weighted by Gasteiger charge is -2.26. The highest BCUT2D eigenvalue weighted by molar-refractivity contribution is 6.09. The number of carbonyl (C=O) groups is 1. The Bertz CT molecular complexity index is 1030. The summed E-state index contributed by atoms with van der Waals surface area (Å²) < 4.78 is 50.0. The molecule has 2 heterocycles. The Hall–Kier alpha value is -3.44. The minimum atomic E-state index is -2.99. The molecule has 4 rings (SSSR count). The van der Waals surface area contributed by atoms with Crippen LogP contribution in [-0.4, -0.2) is 47.6 Å². The Balaban J connectivity index is 1.70. The number of nitrogens with zero attached hydrogens (tertiary/aromatic N) is 3. The zero-order valence-electron chi connectivity index (χ0n) is 16.1. The minimum absolute atomic E-state index is 0.0388. The standard InChI is InChI=1S/C20H18F3N5O3/c21-15-9-12(18-11-24-7-8-30-18)1-6-17(15)28(19(29)16-10-25-27-26-16)13-2-4-14(5-3-13)31-20(22)23/h1-6,9-10,18,20,24H,7-8,11H2,(H,25,26,27)/t18-/m1/s1. The number of morpholine rings is 1. The third kappa shape index (κ3) is 4.67. The molecule has 1 aliphatic heterocycles. The number of hydrogen-bond acceptors (Lipinski definition) is 6. The fourth-order valence-electron chi connectivity index (χ4n) is 3.25. The van der Waals surface area contributed by atoms with Crippen molar-refractivity contribution in [2.45, 2.75) is 12.7 Å². The number of benzene rings is 2. The van der Waals surface area contributed by atoms with Crippen molar-refractivity contribution in [3.8, 4) is 5.75 Å². The molecule has 0 radical (unpaired) electrons. The molecule has 1 aromatic heterocycles. The first-order chi connectivity index (χ1) is 15.0. The Morgan fingerprint density at radius 1 is 1.23 bits per heavy atom. The average Bonchev–Trinajstić information content (AvgIpc) is 3.31. The number of hydrogen-bond donors (Lipinski definition) is 2. The summed E-state index contributed by atoms with van der Waals surface area (Å²) in [6.07, 6.45) is 0.903. The van der Waals surface area contributed by atoms with E-state index < -0.39 is 18.3 Å². The summed E-state index contributed by atoms with van der Waals surface area (Å²) >= 11 is 0. The van der Waals surface area contributed by atoms with Crippen LogP contribution in [0.4, 0.5) is 24.5 Å². The number of rotatable bonds is 6. The zero-order chi connectivity index (χ0) is 21.8. The molecular weight excluding hydrogens is 415 g/mol. The number of H-pyrrole nitrogens is 1. The molecule has 1 amide bonds. The molecular formula is C20H18F3N5O3. The van der Waals surface area contributed by atoms with E-state index >= 15 is 4.39 Å². The van der Waals surface area contributed by atoms with Gasteiger partial charge in [-0.15, -0.1) is 0 Å². The minimum Gasteiger partial charge on any atom is -0.435 e. The normalized spacial score (nSPS) is 16.3. The molecule has 3 aromatic rings. The molecule has 2 aromatic carbocycles. The van der Waals surface area contributed by atoms with E-state index in [-0.39, 0.29) is 28.9 Å². The molecule has 11 heteroatoms. The van der Waals surface area contributed by atoms with Crippen molar-refractivity contribution in [1.29, 1.82) is 0 Å². The summed E-state index contributed by atoms with van der Waals surface area (Å²) in [5.74, 6) is -1.40. The maximum absolute atomic E-state index is 15.2. The van der Waals surface area contributed by atoms with E-state index in [0.29, 0.717) is 18.7 Å². The molecule has 8 nitrogen and oxygen atoms in total. The number of nitrogens with one attached hydrogen (secondary N) is 2. The molecule has 0 unspecified atom stereocenters. The third-order valence-electron chi connectivity index (χ3n) is 4.67. The topological polar surface area (TPSA) is 92.4 Å². The van der Waals surface area contributed by atoms with Gasteiger partial charge < -0.3 is 14.8 Å². The lowest BCUT2D eigenvalue weighted by atomic mass is 10.1. The summed E-state index contributed by atoms with van der Waals surface area (Å²) in [5, 5.41) is 12.9. The van der Waals surface area contributed by atoms with Crippen LogP contribution >= 0.6 is 0 Å². The van der Waals surface area contributed by atoms with E-state index in [4.69, 9.17) is 4.74 Å². The number of ether oxygens (including phenoxy) is 2. The van der Waals surface area contributed by atoms with Gasteiger partial charge in [0.25, 0.3) is 5.91 Å². The number of aromatic amines is 1. The van der Waals surface area contributed by atoms with Gasteiger partial charge in [0.2, 0.25) is 0 Å². The lowest BCUT2D eigenvalue weighted by Crippen LogP contribution is -2.33. The van der Waals surface area contributed by atoms with Crippen molar-refractivity contribution in [3.05, 3.63) is 65.7 Å². The van der Waals surface area contributed by atoms with E-state index in [1.165, 1.54) is 42.6 Å². The summed E-state index contributed by atoms with van der Waals surface area (Å²) in [7, 11) is 0. The van der Waals surface area contributed by atoms with Gasteiger partial charge in [-0.2, -0.15) is 24.2 Å². The van der Waals surface area contributed by atoms with Crippen LogP contribution in [-0.2, 0) is 4.74 Å². The number of alkyl halides is 2. The Morgan fingerprint density at radius 2 is 2.03 bits per heavy atom. The maximum atomic E-state index is 15.2. The number of aromatic nitrogens is 3. The van der Waals surface area contributed by atoms with Gasteiger partial charge in [0.05, 0.1) is 24.6 Å². The zero-order valence-corrected chi connectivity index (χ0v) is 16.1. The highest BCUT2D eigenvalue weighted by Crippen LogP contribution is 2.33. The van der Waals surface area contributed by atoms with E-state index in [1.54, 1.807) is 6.07 Å². The van der Waals surface area contributed by atoms with Gasteiger partial charge in [0.15, 0.2) is 5.69 Å². The van der Waals surface area contributed by atoms with Gasteiger partial charge >= 0.3 is 6.61 Å². The maximum Gasteiger partial charge on any atom is 0.387 e. The first-order valence-electron chi connectivity index (χ1n) is 9.40. The molecule has 0 spiro atoms. The van der Waals surface area contributed by atoms with E-state index in [9.17, 15) is 13.6 Å². The van der Waals surface area contributed by atoms with Crippen LogP contribution in [0.3, 0.4) is 0 Å². The van der Waals surface area contributed by atoms with Crippen molar-refractivity contribution < 1.29 is 27.4 Å². The fourth-order valence-corrected chi connectivity index (χ4v) is 3.25. The van der Waals surface area contributed by atoms with Crippen molar-refractivity contribution in [2.75, 3.05) is 24.6 Å². The SMILES string of the molecule is O=C(c1cn[nH]n1)N(c1ccc(OC(F)F)cc1)c1ccc([C@H]2CNCCO2)cc1F. The number of anilines is 2. The first-order valence-corrected chi connectivity index (χ1v) is 9.40. The quantitative estimate of drug-likeness (QED) is 0.621. The van der Waals surface area contributed by atoms with Gasteiger partial charge in [-0.05, 0) is 42.0 Å². The summed E-state index contributed by atoms with van der Waals surface area (Å²) in [4.78, 5) is 14.1. The average molecular weight is 433 g/mol. The summed E-state index contributed by atoms with van der Waals surface area (Å²) in [6, 6.07) is 9.72. The highest BCUT2D eigenvalue weighted by atomic mass is 19.3. The summed E-state index contributed by atoms with van der Waals surface area (Å²) in [5.41, 5.74) is 0.777. The van der Waals surface area contributed by atoms with Gasteiger partial charge in [-0.25, -0.2) is 4.39 Å². The largest absolute Gasteiger partial charge is 0.435 e. The molecule has 2 N–H and O–H groups in total. The Kier molecular flexibility index (Phi) is 6.14. The van der Waals surface area contributed by atoms with Crippen LogP contribution in [0.5, 0.6) is 5.75 Å². The van der Waals surface area contributed by atoms with Crippen LogP contribution < -0.4 is 15.0 Å². The van der Waals surface area contributed by atoms with Crippen molar-refractivity contribution >= 4 is 17.3 Å². The molecule has 162 valence electrons. The van der Waals surface area contributed by atoms with Crippen molar-refractivity contribution in [3.63, 3.8) is 0 Å². The van der Waals surface area contributed by atoms with Crippen LogP contribution in [0.15, 0.2) is 48.7 Å². The van der Waals surface area contributed by atoms with Gasteiger partial charge in [0.1, 0.15) is 11.6 Å². The Morgan fingerprint density at radius 3 is 2.65 bits per heavy atom. The predicted octanol–water partition coefficient (Wildman–Crippen LogP) is 3.18. The van der Waals surface area contributed by atoms with Crippen LogP contribution in [0.1, 0.15) is 22.2 Å². The van der Waals surface area contributed by atoms with Crippen LogP contribution in [0.25, 0.3) is 0 Å². The van der Waals surface area contributed by atoms with Gasteiger partial charge in [0, 0.05) is 18.8 Å². The van der Waals surface area contributed by atoms with E-state index in [1.807, 2.05) is 0 Å². The number of carbonyl (C=O) groups excluding carboxylic acids is 1. The van der Waals surface area contributed by atoms with Crippen molar-refractivity contribution in [1.82, 2.24) is 20.7 Å². The van der Waals surface area contributed by atoms with Crippen LogP contribution in [0.2, 0.25) is 0 Å². The summed E-state index contributed by atoms with van der Waals surface area (Å²) in [6.45, 7) is -1.20. The van der Waals surface area contributed by atoms with Gasteiger partial charge in [-0.3, -0.25) is 9.69 Å². The molecule has 1 atom stereocenters. The van der Waals surface area contributed by atoms with E-state index in [2.05, 4.69) is 25.5 Å². The Labute approximate surface area is 175 Å². The second kappa shape index (κ2) is 9.14. The second-order valence-electron chi connectivity index (χ2n) is 6.64. The van der Waals surface area contributed by atoms with Crippen molar-refractivity contribution in [2.24, 2.45) is 0 Å². The number of halogens is 3. The molecule has 1 saturated heterocycles. The first kappa shape index (κ1) is 20.8. The molecule has 1 fully saturated rings.